The number of likely N-dealkylation sites (N-methyl/N-ethyl adjacent to an activating group) is 1. The van der Waals surface area contributed by atoms with Gasteiger partial charge in [-0.1, -0.05) is 25.1 Å². The summed E-state index contributed by atoms with van der Waals surface area (Å²) in [4.78, 5) is 17.0. The number of para-hydroxylation sites is 1. The third-order valence-corrected chi connectivity index (χ3v) is 5.21. The molecule has 0 unspecified atom stereocenters. The van der Waals surface area contributed by atoms with Gasteiger partial charge in [0.1, 0.15) is 5.75 Å². The van der Waals surface area contributed by atoms with E-state index in [4.69, 9.17) is 0 Å². The molecule has 0 atom stereocenters. The Kier molecular flexibility index (Phi) is 7.22. The van der Waals surface area contributed by atoms with Gasteiger partial charge in [0, 0.05) is 49.2 Å². The highest BCUT2D eigenvalue weighted by molar-refractivity contribution is 6.02. The molecular formula is C23H26F3N3O2. The van der Waals surface area contributed by atoms with Crippen LogP contribution in [0.2, 0.25) is 0 Å². The first-order valence-electron chi connectivity index (χ1n) is 10.2. The van der Waals surface area contributed by atoms with Gasteiger partial charge in [-0.05, 0) is 49.4 Å². The Balaban J connectivity index is 1.64. The summed E-state index contributed by atoms with van der Waals surface area (Å²) in [6.07, 6.45) is -2.31. The molecule has 0 radical (unpaired) electrons. The number of amides is 1. The Morgan fingerprint density at radius 2 is 1.84 bits per heavy atom. The van der Waals surface area contributed by atoms with E-state index in [1.165, 1.54) is 30.4 Å². The molecule has 0 bridgehead atoms. The number of nitrogens with zero attached hydrogens (tertiary/aromatic N) is 2. The highest BCUT2D eigenvalue weighted by Crippen LogP contribution is 2.27. The second-order valence-electron chi connectivity index (χ2n) is 7.33. The van der Waals surface area contributed by atoms with Crippen LogP contribution < -0.4 is 15.0 Å². The van der Waals surface area contributed by atoms with E-state index in [1.807, 2.05) is 25.1 Å². The van der Waals surface area contributed by atoms with Crippen molar-refractivity contribution in [2.75, 3.05) is 42.9 Å². The minimum absolute atomic E-state index is 0.160. The fourth-order valence-corrected chi connectivity index (χ4v) is 3.48. The number of hydrogen-bond acceptors (Lipinski definition) is 4. The Morgan fingerprint density at radius 3 is 2.48 bits per heavy atom. The van der Waals surface area contributed by atoms with E-state index in [-0.39, 0.29) is 11.3 Å². The smallest absolute Gasteiger partial charge is 0.405 e. The Bertz CT molecular complexity index is 936. The van der Waals surface area contributed by atoms with E-state index in [2.05, 4.69) is 26.8 Å². The summed E-state index contributed by atoms with van der Waals surface area (Å²) in [5.74, 6) is -0.794. The number of hydrogen-bond donors (Lipinski definition) is 1. The van der Waals surface area contributed by atoms with Crippen molar-refractivity contribution in [1.82, 2.24) is 4.90 Å². The number of nitrogens with one attached hydrogen (secondary N) is 1. The van der Waals surface area contributed by atoms with Crippen molar-refractivity contribution in [1.29, 1.82) is 0 Å². The lowest BCUT2D eigenvalue weighted by Gasteiger charge is -2.35. The van der Waals surface area contributed by atoms with Gasteiger partial charge >= 0.3 is 6.36 Å². The minimum Gasteiger partial charge on any atom is -0.405 e. The number of anilines is 2. The van der Waals surface area contributed by atoms with Gasteiger partial charge in [0.25, 0.3) is 0 Å². The number of ether oxygens (including phenoxy) is 1. The predicted octanol–water partition coefficient (Wildman–Crippen LogP) is 4.69. The summed E-state index contributed by atoms with van der Waals surface area (Å²) >= 11 is 0. The molecule has 0 aliphatic carbocycles. The predicted molar refractivity (Wildman–Crippen MR) is 116 cm³/mol. The fraction of sp³-hybridized carbons (Fsp3) is 0.348. The number of rotatable bonds is 6. The maximum atomic E-state index is 12.5. The van der Waals surface area contributed by atoms with Crippen LogP contribution in [0.4, 0.5) is 24.5 Å². The van der Waals surface area contributed by atoms with E-state index >= 15 is 0 Å². The van der Waals surface area contributed by atoms with Gasteiger partial charge < -0.3 is 19.9 Å². The molecule has 1 aliphatic heterocycles. The molecule has 5 nitrogen and oxygen atoms in total. The first-order chi connectivity index (χ1) is 14.7. The number of carbonyl (C=O) groups excluding carboxylic acids is 1. The van der Waals surface area contributed by atoms with Crippen molar-refractivity contribution in [2.24, 2.45) is 0 Å². The molecule has 3 rings (SSSR count). The molecule has 1 aliphatic rings. The molecule has 0 saturated carbocycles. The lowest BCUT2D eigenvalue weighted by Crippen LogP contribution is -2.46. The minimum atomic E-state index is -4.80. The molecule has 8 heteroatoms. The zero-order valence-electron chi connectivity index (χ0n) is 17.6. The van der Waals surface area contributed by atoms with Crippen LogP contribution in [0.3, 0.4) is 0 Å². The van der Waals surface area contributed by atoms with Crippen LogP contribution in [0.1, 0.15) is 18.1 Å². The van der Waals surface area contributed by atoms with Gasteiger partial charge in [-0.25, -0.2) is 0 Å². The Labute approximate surface area is 180 Å². The van der Waals surface area contributed by atoms with E-state index in [9.17, 15) is 18.0 Å². The first-order valence-corrected chi connectivity index (χ1v) is 10.2. The van der Waals surface area contributed by atoms with E-state index in [0.717, 1.165) is 44.0 Å². The molecular weight excluding hydrogens is 407 g/mol. The summed E-state index contributed by atoms with van der Waals surface area (Å²) in [5.41, 5.74) is 2.84. The van der Waals surface area contributed by atoms with Crippen molar-refractivity contribution in [3.05, 3.63) is 59.7 Å². The van der Waals surface area contributed by atoms with Gasteiger partial charge in [-0.2, -0.15) is 0 Å². The maximum absolute atomic E-state index is 12.5. The fourth-order valence-electron chi connectivity index (χ4n) is 3.48. The van der Waals surface area contributed by atoms with E-state index < -0.39 is 12.3 Å². The van der Waals surface area contributed by atoms with Gasteiger partial charge in [0.2, 0.25) is 5.91 Å². The largest absolute Gasteiger partial charge is 0.573 e. The van der Waals surface area contributed by atoms with Crippen molar-refractivity contribution >= 4 is 23.4 Å². The van der Waals surface area contributed by atoms with Crippen LogP contribution in [0.5, 0.6) is 5.75 Å². The zero-order valence-corrected chi connectivity index (χ0v) is 17.6. The topological polar surface area (TPSA) is 44.8 Å². The van der Waals surface area contributed by atoms with E-state index in [1.54, 1.807) is 6.07 Å². The standard InChI is InChI=1S/C23H26F3N3O2/c1-3-28-12-14-29(15-13-28)19-9-10-20(17(2)16-19)27-22(30)11-8-18-6-4-5-7-21(18)31-23(24,25)26/h4-11,16H,3,12-15H2,1-2H3,(H,27,30)/b11-8+. The molecule has 166 valence electrons. The molecule has 1 fully saturated rings. The number of benzene rings is 2. The normalized spacial score (nSPS) is 15.3. The summed E-state index contributed by atoms with van der Waals surface area (Å²) < 4.78 is 41.6. The summed E-state index contributed by atoms with van der Waals surface area (Å²) in [6, 6.07) is 11.5. The molecule has 0 spiro atoms. The number of alkyl halides is 3. The molecule has 2 aromatic carbocycles. The van der Waals surface area contributed by atoms with Crippen LogP contribution in [0.25, 0.3) is 6.08 Å². The monoisotopic (exact) mass is 433 g/mol. The van der Waals surface area contributed by atoms with Crippen molar-refractivity contribution in [2.45, 2.75) is 20.2 Å². The number of piperazine rings is 1. The second-order valence-corrected chi connectivity index (χ2v) is 7.33. The molecule has 1 heterocycles. The maximum Gasteiger partial charge on any atom is 0.573 e. The third kappa shape index (κ3) is 6.49. The molecule has 31 heavy (non-hydrogen) atoms. The quantitative estimate of drug-likeness (QED) is 0.672. The summed E-state index contributed by atoms with van der Waals surface area (Å²) in [7, 11) is 0. The average molecular weight is 433 g/mol. The molecule has 0 aromatic heterocycles. The van der Waals surface area contributed by atoms with E-state index in [0.29, 0.717) is 5.69 Å². The van der Waals surface area contributed by atoms with Crippen LogP contribution in [0.15, 0.2) is 48.5 Å². The van der Waals surface area contributed by atoms with Gasteiger partial charge in [0.05, 0.1) is 0 Å². The number of carbonyl (C=O) groups is 1. The average Bonchev–Trinajstić information content (AvgIpc) is 2.73. The Hall–Kier alpha value is -3.00. The molecule has 2 aromatic rings. The van der Waals surface area contributed by atoms with Gasteiger partial charge in [-0.15, -0.1) is 13.2 Å². The summed E-state index contributed by atoms with van der Waals surface area (Å²) in [5, 5.41) is 2.78. The van der Waals surface area contributed by atoms with Crippen LogP contribution >= 0.6 is 0 Å². The van der Waals surface area contributed by atoms with Crippen molar-refractivity contribution in [3.63, 3.8) is 0 Å². The first kappa shape index (κ1) is 22.7. The lowest BCUT2D eigenvalue weighted by molar-refractivity contribution is -0.274. The van der Waals surface area contributed by atoms with Crippen molar-refractivity contribution in [3.8, 4) is 5.75 Å². The number of halogens is 3. The molecule has 1 saturated heterocycles. The molecule has 1 N–H and O–H groups in total. The van der Waals surface area contributed by atoms with Crippen LogP contribution in [-0.4, -0.2) is 49.9 Å². The van der Waals surface area contributed by atoms with Crippen molar-refractivity contribution < 1.29 is 22.7 Å². The second kappa shape index (κ2) is 9.87. The zero-order chi connectivity index (χ0) is 22.4. The van der Waals surface area contributed by atoms with Crippen LogP contribution in [0, 0.1) is 6.92 Å². The number of aryl methyl sites for hydroxylation is 1. The van der Waals surface area contributed by atoms with Gasteiger partial charge in [-0.3, -0.25) is 4.79 Å². The molecule has 1 amide bonds. The summed E-state index contributed by atoms with van der Waals surface area (Å²) in [6.45, 7) is 9.10. The van der Waals surface area contributed by atoms with Gasteiger partial charge in [0.15, 0.2) is 0 Å². The van der Waals surface area contributed by atoms with Crippen LogP contribution in [-0.2, 0) is 4.79 Å². The Morgan fingerprint density at radius 1 is 1.13 bits per heavy atom. The highest BCUT2D eigenvalue weighted by atomic mass is 19.4. The highest BCUT2D eigenvalue weighted by Gasteiger charge is 2.31. The lowest BCUT2D eigenvalue weighted by atomic mass is 10.1. The third-order valence-electron chi connectivity index (χ3n) is 5.21. The SMILES string of the molecule is CCN1CCN(c2ccc(NC(=O)/C=C/c3ccccc3OC(F)(F)F)c(C)c2)CC1.